The first-order chi connectivity index (χ1) is 16.1. The van der Waals surface area contributed by atoms with Crippen molar-refractivity contribution in [2.75, 3.05) is 6.54 Å². The summed E-state index contributed by atoms with van der Waals surface area (Å²) in [6, 6.07) is 27.1. The van der Waals surface area contributed by atoms with Crippen LogP contribution in [0.25, 0.3) is 0 Å². The molecule has 0 aliphatic carbocycles. The van der Waals surface area contributed by atoms with E-state index in [2.05, 4.69) is 0 Å². The molecule has 2 saturated heterocycles. The molecule has 0 bridgehead atoms. The van der Waals surface area contributed by atoms with E-state index in [4.69, 9.17) is 0 Å². The highest BCUT2D eigenvalue weighted by molar-refractivity contribution is 6.13. The van der Waals surface area contributed by atoms with Crippen molar-refractivity contribution in [3.8, 4) is 0 Å². The van der Waals surface area contributed by atoms with Gasteiger partial charge >= 0.3 is 6.03 Å². The van der Waals surface area contributed by atoms with Crippen molar-refractivity contribution in [3.05, 3.63) is 108 Å². The van der Waals surface area contributed by atoms with Crippen LogP contribution in [0, 0.1) is 0 Å². The lowest BCUT2D eigenvalue weighted by atomic mass is 10.1. The van der Waals surface area contributed by atoms with E-state index in [-0.39, 0.29) is 30.9 Å². The minimum atomic E-state index is -0.801. The van der Waals surface area contributed by atoms with E-state index < -0.39 is 12.1 Å². The highest BCUT2D eigenvalue weighted by Crippen LogP contribution is 2.34. The number of hydrogen-bond donors (Lipinski definition) is 0. The molecule has 2 aliphatic rings. The Labute approximate surface area is 193 Å². The number of carbonyl (C=O) groups excluding carboxylic acids is 3. The molecular formula is C27H25N3O3. The summed E-state index contributed by atoms with van der Waals surface area (Å²) in [4.78, 5) is 44.8. The van der Waals surface area contributed by atoms with Gasteiger partial charge < -0.3 is 9.80 Å². The molecule has 2 aliphatic heterocycles. The van der Waals surface area contributed by atoms with Crippen LogP contribution in [0.5, 0.6) is 0 Å². The van der Waals surface area contributed by atoms with Gasteiger partial charge in [0, 0.05) is 19.6 Å². The fourth-order valence-electron chi connectivity index (χ4n) is 4.71. The Morgan fingerprint density at radius 1 is 0.545 bits per heavy atom. The largest absolute Gasteiger partial charge is 0.322 e. The van der Waals surface area contributed by atoms with Gasteiger partial charge in [0.25, 0.3) is 11.8 Å². The highest BCUT2D eigenvalue weighted by atomic mass is 16.2. The van der Waals surface area contributed by atoms with Gasteiger partial charge in [0.1, 0.15) is 12.1 Å². The minimum Gasteiger partial charge on any atom is -0.306 e. The molecule has 0 saturated carbocycles. The molecule has 166 valence electrons. The van der Waals surface area contributed by atoms with Gasteiger partial charge in [-0.2, -0.15) is 0 Å². The first-order valence-electron chi connectivity index (χ1n) is 11.2. The average molecular weight is 440 g/mol. The predicted octanol–water partition coefficient (Wildman–Crippen LogP) is 3.47. The standard InChI is InChI=1S/C27H25N3O3/c31-25-23-24(26(32)28(25)17-16-20-10-4-1-5-11-20)30(19-22-14-8-3-9-15-22)27(33)29(23)18-21-12-6-2-7-13-21/h1-15,23-24H,16-19H2. The summed E-state index contributed by atoms with van der Waals surface area (Å²) < 4.78 is 0. The fraction of sp³-hybridized carbons (Fsp3) is 0.222. The summed E-state index contributed by atoms with van der Waals surface area (Å²) in [7, 11) is 0. The van der Waals surface area contributed by atoms with Gasteiger partial charge in [0.15, 0.2) is 0 Å². The Morgan fingerprint density at radius 3 is 1.36 bits per heavy atom. The molecule has 0 spiro atoms. The van der Waals surface area contributed by atoms with E-state index in [1.165, 1.54) is 4.90 Å². The Hall–Kier alpha value is -3.93. The third-order valence-electron chi connectivity index (χ3n) is 6.36. The second kappa shape index (κ2) is 8.90. The fourth-order valence-corrected chi connectivity index (χ4v) is 4.71. The number of amides is 4. The molecule has 0 radical (unpaired) electrons. The van der Waals surface area contributed by atoms with E-state index in [1.54, 1.807) is 9.80 Å². The molecule has 3 aromatic rings. The molecule has 6 heteroatoms. The van der Waals surface area contributed by atoms with Gasteiger partial charge in [0.2, 0.25) is 0 Å². The number of imide groups is 1. The van der Waals surface area contributed by atoms with Crippen LogP contribution < -0.4 is 0 Å². The SMILES string of the molecule is O=C1C2C(C(=O)N1CCc1ccccc1)N(Cc1ccccc1)C(=O)N2Cc1ccccc1. The summed E-state index contributed by atoms with van der Waals surface area (Å²) >= 11 is 0. The molecule has 5 rings (SSSR count). The third kappa shape index (κ3) is 4.00. The van der Waals surface area contributed by atoms with Crippen molar-refractivity contribution in [1.82, 2.24) is 14.7 Å². The Kier molecular flexibility index (Phi) is 5.65. The quantitative estimate of drug-likeness (QED) is 0.530. The third-order valence-corrected chi connectivity index (χ3v) is 6.36. The number of urea groups is 1. The van der Waals surface area contributed by atoms with E-state index >= 15 is 0 Å². The number of nitrogens with zero attached hydrogens (tertiary/aromatic N) is 3. The van der Waals surface area contributed by atoms with Gasteiger partial charge in [-0.05, 0) is 23.1 Å². The first-order valence-corrected chi connectivity index (χ1v) is 11.2. The number of benzene rings is 3. The Balaban J connectivity index is 1.43. The van der Waals surface area contributed by atoms with Crippen molar-refractivity contribution in [2.24, 2.45) is 0 Å². The molecule has 3 aromatic carbocycles. The maximum atomic E-state index is 13.4. The summed E-state index contributed by atoms with van der Waals surface area (Å²) in [5.74, 6) is -0.582. The molecule has 2 heterocycles. The van der Waals surface area contributed by atoms with Gasteiger partial charge in [-0.1, -0.05) is 91.0 Å². The molecule has 0 N–H and O–H groups in total. The van der Waals surface area contributed by atoms with E-state index in [1.807, 2.05) is 91.0 Å². The summed E-state index contributed by atoms with van der Waals surface area (Å²) in [6.07, 6.45) is 0.586. The number of likely N-dealkylation sites (tertiary alicyclic amines) is 1. The van der Waals surface area contributed by atoms with Crippen LogP contribution in [0.2, 0.25) is 0 Å². The summed E-state index contributed by atoms with van der Waals surface area (Å²) in [5, 5.41) is 0. The van der Waals surface area contributed by atoms with Crippen LogP contribution in [0.4, 0.5) is 4.79 Å². The smallest absolute Gasteiger partial charge is 0.306 e. The van der Waals surface area contributed by atoms with E-state index in [0.29, 0.717) is 13.0 Å². The Morgan fingerprint density at radius 2 is 0.939 bits per heavy atom. The molecule has 33 heavy (non-hydrogen) atoms. The first kappa shape index (κ1) is 20.9. The minimum absolute atomic E-state index is 0.276. The van der Waals surface area contributed by atoms with E-state index in [0.717, 1.165) is 16.7 Å². The molecule has 4 amide bonds. The summed E-state index contributed by atoms with van der Waals surface area (Å²) in [5.41, 5.74) is 2.91. The maximum absolute atomic E-state index is 13.4. The van der Waals surface area contributed by atoms with Crippen LogP contribution in [-0.2, 0) is 29.1 Å². The molecule has 6 nitrogen and oxygen atoms in total. The van der Waals surface area contributed by atoms with Crippen molar-refractivity contribution < 1.29 is 14.4 Å². The zero-order chi connectivity index (χ0) is 22.8. The highest BCUT2D eigenvalue weighted by Gasteiger charge is 2.60. The molecule has 2 fully saturated rings. The van der Waals surface area contributed by atoms with Crippen LogP contribution >= 0.6 is 0 Å². The number of fused-ring (bicyclic) bond motifs is 1. The molecule has 2 unspecified atom stereocenters. The van der Waals surface area contributed by atoms with Crippen LogP contribution in [0.15, 0.2) is 91.0 Å². The van der Waals surface area contributed by atoms with Crippen molar-refractivity contribution in [3.63, 3.8) is 0 Å². The zero-order valence-electron chi connectivity index (χ0n) is 18.2. The predicted molar refractivity (Wildman–Crippen MR) is 124 cm³/mol. The molecule has 2 atom stereocenters. The summed E-state index contributed by atoms with van der Waals surface area (Å²) in [6.45, 7) is 0.885. The van der Waals surface area contributed by atoms with Crippen LogP contribution in [0.3, 0.4) is 0 Å². The van der Waals surface area contributed by atoms with Crippen molar-refractivity contribution in [1.29, 1.82) is 0 Å². The van der Waals surface area contributed by atoms with Gasteiger partial charge in [-0.25, -0.2) is 4.79 Å². The van der Waals surface area contributed by atoms with Crippen molar-refractivity contribution in [2.45, 2.75) is 31.6 Å². The average Bonchev–Trinajstić information content (AvgIpc) is 3.26. The van der Waals surface area contributed by atoms with Gasteiger partial charge in [0.05, 0.1) is 0 Å². The maximum Gasteiger partial charge on any atom is 0.322 e. The van der Waals surface area contributed by atoms with Crippen molar-refractivity contribution >= 4 is 17.8 Å². The lowest BCUT2D eigenvalue weighted by Gasteiger charge is -2.25. The monoisotopic (exact) mass is 439 g/mol. The van der Waals surface area contributed by atoms with Crippen LogP contribution in [0.1, 0.15) is 16.7 Å². The second-order valence-electron chi connectivity index (χ2n) is 8.46. The topological polar surface area (TPSA) is 60.9 Å². The zero-order valence-corrected chi connectivity index (χ0v) is 18.2. The van der Waals surface area contributed by atoms with Gasteiger partial charge in [-0.3, -0.25) is 14.5 Å². The molecule has 0 aromatic heterocycles. The number of hydrogen-bond acceptors (Lipinski definition) is 3. The van der Waals surface area contributed by atoms with E-state index in [9.17, 15) is 14.4 Å². The lowest BCUT2D eigenvalue weighted by Crippen LogP contribution is -2.44. The normalized spacial score (nSPS) is 20.0. The number of carbonyl (C=O) groups is 3. The lowest BCUT2D eigenvalue weighted by molar-refractivity contribution is -0.140. The van der Waals surface area contributed by atoms with Crippen LogP contribution in [-0.4, -0.2) is 51.2 Å². The Bertz CT molecular complexity index is 1080. The second-order valence-corrected chi connectivity index (χ2v) is 8.46. The van der Waals surface area contributed by atoms with Gasteiger partial charge in [-0.15, -0.1) is 0 Å². The molecular weight excluding hydrogens is 414 g/mol. The number of rotatable bonds is 7.